The van der Waals surface area contributed by atoms with E-state index in [1.54, 1.807) is 12.1 Å². The van der Waals surface area contributed by atoms with Crippen molar-refractivity contribution in [3.05, 3.63) is 89.7 Å². The van der Waals surface area contributed by atoms with Crippen LogP contribution in [0.25, 0.3) is 10.2 Å². The third-order valence-electron chi connectivity index (χ3n) is 7.23. The molecule has 4 aromatic rings. The molecule has 1 aromatic heterocycles. The molecule has 3 heterocycles. The highest BCUT2D eigenvalue weighted by Crippen LogP contribution is 2.39. The third-order valence-corrected chi connectivity index (χ3v) is 8.18. The number of aromatic nitrogens is 1. The van der Waals surface area contributed by atoms with E-state index < -0.39 is 0 Å². The van der Waals surface area contributed by atoms with E-state index in [-0.39, 0.29) is 23.4 Å². The highest BCUT2D eigenvalue weighted by molar-refractivity contribution is 7.22. The van der Waals surface area contributed by atoms with Crippen LogP contribution in [-0.2, 0) is 12.0 Å². The van der Waals surface area contributed by atoms with Crippen LogP contribution in [0, 0.1) is 5.82 Å². The van der Waals surface area contributed by atoms with E-state index >= 15 is 0 Å². The highest BCUT2D eigenvalue weighted by atomic mass is 32.1. The van der Waals surface area contributed by atoms with Crippen LogP contribution in [0.4, 0.5) is 20.0 Å². The summed E-state index contributed by atoms with van der Waals surface area (Å²) in [5, 5.41) is 10.6. The molecule has 184 valence electrons. The van der Waals surface area contributed by atoms with Crippen LogP contribution in [0.1, 0.15) is 24.0 Å². The summed E-state index contributed by atoms with van der Waals surface area (Å²) in [6.45, 7) is 2.61. The molecule has 8 heteroatoms. The Kier molecular flexibility index (Phi) is 6.07. The van der Waals surface area contributed by atoms with Crippen molar-refractivity contribution in [2.45, 2.75) is 30.8 Å². The predicted octanol–water partition coefficient (Wildman–Crippen LogP) is 5.59. The van der Waals surface area contributed by atoms with Gasteiger partial charge < -0.3 is 20.9 Å². The number of carbonyl (C=O) groups excluding carboxylic acids is 1. The Morgan fingerprint density at radius 1 is 1.06 bits per heavy atom. The number of benzene rings is 3. The van der Waals surface area contributed by atoms with Gasteiger partial charge >= 0.3 is 6.03 Å². The molecule has 0 radical (unpaired) electrons. The number of likely N-dealkylation sites (tertiary alicyclic amines) is 1. The van der Waals surface area contributed by atoms with Crippen molar-refractivity contribution in [1.29, 1.82) is 0 Å². The number of hydrogen-bond donors (Lipinski definition) is 3. The summed E-state index contributed by atoms with van der Waals surface area (Å²) in [4.78, 5) is 19.6. The van der Waals surface area contributed by atoms with Gasteiger partial charge in [0.1, 0.15) is 5.82 Å². The average molecular weight is 502 g/mol. The number of fused-ring (bicyclic) bond motifs is 3. The number of nitrogens with zero attached hydrogens (tertiary/aromatic N) is 2. The van der Waals surface area contributed by atoms with E-state index in [1.165, 1.54) is 28.5 Å². The van der Waals surface area contributed by atoms with Gasteiger partial charge in [-0.25, -0.2) is 14.2 Å². The molecule has 0 bridgehead atoms. The lowest BCUT2D eigenvalue weighted by atomic mass is 9.79. The minimum absolute atomic E-state index is 0.127. The molecular weight excluding hydrogens is 473 g/mol. The van der Waals surface area contributed by atoms with Gasteiger partial charge in [0.2, 0.25) is 0 Å². The van der Waals surface area contributed by atoms with Crippen molar-refractivity contribution < 1.29 is 9.18 Å². The first-order valence-corrected chi connectivity index (χ1v) is 13.2. The third kappa shape index (κ3) is 4.66. The van der Waals surface area contributed by atoms with Gasteiger partial charge in [-0.15, -0.1) is 0 Å². The fraction of sp³-hybridized carbons (Fsp3) is 0.286. The SMILES string of the molecule is O=C1Nc2ccccc2C2(CCN(C[C@@H](Cc3ccccc3)Nc3nc4ccc(F)cc4s3)CC2)N1. The number of amides is 2. The molecule has 2 aliphatic heterocycles. The quantitative estimate of drug-likeness (QED) is 0.322. The van der Waals surface area contributed by atoms with E-state index in [2.05, 4.69) is 51.2 Å². The molecule has 0 unspecified atom stereocenters. The number of piperidine rings is 1. The fourth-order valence-electron chi connectivity index (χ4n) is 5.47. The molecule has 3 N–H and O–H groups in total. The van der Waals surface area contributed by atoms with Gasteiger partial charge in [0, 0.05) is 36.9 Å². The molecule has 36 heavy (non-hydrogen) atoms. The highest BCUT2D eigenvalue weighted by Gasteiger charge is 2.42. The Bertz CT molecular complexity index is 1380. The summed E-state index contributed by atoms with van der Waals surface area (Å²) >= 11 is 1.49. The zero-order valence-corrected chi connectivity index (χ0v) is 20.7. The lowest BCUT2D eigenvalue weighted by Crippen LogP contribution is -2.57. The molecule has 1 saturated heterocycles. The molecule has 1 fully saturated rings. The molecule has 0 saturated carbocycles. The van der Waals surface area contributed by atoms with E-state index in [9.17, 15) is 9.18 Å². The Hall–Kier alpha value is -3.49. The Morgan fingerprint density at radius 3 is 2.67 bits per heavy atom. The van der Waals surface area contributed by atoms with Crippen molar-refractivity contribution in [2.75, 3.05) is 30.3 Å². The van der Waals surface area contributed by atoms with Gasteiger partial charge in [0.05, 0.1) is 15.8 Å². The lowest BCUT2D eigenvalue weighted by molar-refractivity contribution is 0.133. The fourth-order valence-corrected chi connectivity index (χ4v) is 6.43. The normalized spacial score (nSPS) is 17.9. The molecule has 2 aliphatic rings. The second kappa shape index (κ2) is 9.52. The maximum Gasteiger partial charge on any atom is 0.319 e. The molecular formula is C28H28FN5OS. The van der Waals surface area contributed by atoms with Crippen LogP contribution < -0.4 is 16.0 Å². The molecule has 3 aromatic carbocycles. The van der Waals surface area contributed by atoms with Crippen LogP contribution in [0.5, 0.6) is 0 Å². The van der Waals surface area contributed by atoms with Gasteiger partial charge in [-0.1, -0.05) is 59.9 Å². The maximum absolute atomic E-state index is 13.7. The number of hydrogen-bond acceptors (Lipinski definition) is 5. The summed E-state index contributed by atoms with van der Waals surface area (Å²) in [6, 6.07) is 23.3. The molecule has 0 aliphatic carbocycles. The number of halogens is 1. The largest absolute Gasteiger partial charge is 0.357 e. The summed E-state index contributed by atoms with van der Waals surface area (Å²) in [7, 11) is 0. The van der Waals surface area contributed by atoms with E-state index in [0.29, 0.717) is 0 Å². The minimum Gasteiger partial charge on any atom is -0.357 e. The van der Waals surface area contributed by atoms with E-state index in [0.717, 1.165) is 59.9 Å². The average Bonchev–Trinajstić information content (AvgIpc) is 3.27. The van der Waals surface area contributed by atoms with Crippen molar-refractivity contribution in [3.63, 3.8) is 0 Å². The van der Waals surface area contributed by atoms with Crippen molar-refractivity contribution >= 4 is 38.4 Å². The number of carbonyl (C=O) groups is 1. The van der Waals surface area contributed by atoms with Crippen LogP contribution in [0.2, 0.25) is 0 Å². The molecule has 6 rings (SSSR count). The zero-order chi connectivity index (χ0) is 24.5. The Labute approximate surface area is 213 Å². The van der Waals surface area contributed by atoms with Gasteiger partial charge in [-0.2, -0.15) is 0 Å². The number of para-hydroxylation sites is 1. The summed E-state index contributed by atoms with van der Waals surface area (Å²) in [6.07, 6.45) is 2.57. The van der Waals surface area contributed by atoms with Crippen LogP contribution in [-0.4, -0.2) is 41.6 Å². The smallest absolute Gasteiger partial charge is 0.319 e. The molecule has 1 spiro atoms. The monoisotopic (exact) mass is 501 g/mol. The molecule has 6 nitrogen and oxygen atoms in total. The van der Waals surface area contributed by atoms with Gasteiger partial charge in [-0.05, 0) is 49.1 Å². The summed E-state index contributed by atoms with van der Waals surface area (Å²) in [5.41, 5.74) is 3.82. The van der Waals surface area contributed by atoms with E-state index in [4.69, 9.17) is 4.98 Å². The van der Waals surface area contributed by atoms with Crippen LogP contribution in [0.15, 0.2) is 72.8 Å². The first-order valence-electron chi connectivity index (χ1n) is 12.3. The van der Waals surface area contributed by atoms with Crippen LogP contribution >= 0.6 is 11.3 Å². The van der Waals surface area contributed by atoms with Crippen LogP contribution in [0.3, 0.4) is 0 Å². The minimum atomic E-state index is -0.325. The van der Waals surface area contributed by atoms with Crippen molar-refractivity contribution in [1.82, 2.24) is 15.2 Å². The van der Waals surface area contributed by atoms with Crippen molar-refractivity contribution in [3.8, 4) is 0 Å². The van der Waals surface area contributed by atoms with E-state index in [1.807, 2.05) is 24.3 Å². The summed E-state index contributed by atoms with van der Waals surface area (Å²) in [5.74, 6) is -0.243. The number of thiazole rings is 1. The number of urea groups is 1. The Balaban J connectivity index is 1.19. The van der Waals surface area contributed by atoms with Gasteiger partial charge in [0.15, 0.2) is 5.13 Å². The first kappa shape index (κ1) is 22.9. The topological polar surface area (TPSA) is 69.3 Å². The maximum atomic E-state index is 13.7. The molecule has 2 amide bonds. The van der Waals surface area contributed by atoms with Gasteiger partial charge in [-0.3, -0.25) is 0 Å². The number of anilines is 2. The summed E-state index contributed by atoms with van der Waals surface area (Å²) < 4.78 is 14.5. The van der Waals surface area contributed by atoms with Gasteiger partial charge in [0.25, 0.3) is 0 Å². The predicted molar refractivity (Wildman–Crippen MR) is 143 cm³/mol. The standard InChI is InChI=1S/C28H28FN5OS/c29-20-10-11-24-25(17-20)36-27(32-24)30-21(16-19-6-2-1-3-7-19)18-34-14-12-28(13-15-34)22-8-4-5-9-23(22)31-26(35)33-28/h1-11,17,21H,12-16,18H2,(H,30,32)(H2,31,33,35)/t21-/m1/s1. The second-order valence-electron chi connectivity index (χ2n) is 9.67. The number of rotatable bonds is 6. The number of nitrogens with one attached hydrogen (secondary N) is 3. The molecule has 1 atom stereocenters. The zero-order valence-electron chi connectivity index (χ0n) is 19.8. The first-order chi connectivity index (χ1) is 17.6. The lowest BCUT2D eigenvalue weighted by Gasteiger charge is -2.46. The second-order valence-corrected chi connectivity index (χ2v) is 10.7. The Morgan fingerprint density at radius 2 is 1.83 bits per heavy atom. The van der Waals surface area contributed by atoms with Crippen molar-refractivity contribution in [2.24, 2.45) is 0 Å².